The molecule has 0 N–H and O–H groups in total. The number of allylic oxidation sites excluding steroid dienone is 1. The molecular formula is C20H26F7N3O3. The molecule has 33 heavy (non-hydrogen) atoms. The van der Waals surface area contributed by atoms with Crippen LogP contribution in [-0.2, 0) is 9.47 Å². The summed E-state index contributed by atoms with van der Waals surface area (Å²) in [5.74, 6) is -0.495. The number of morpholine rings is 1. The quantitative estimate of drug-likeness (QED) is 0.555. The third kappa shape index (κ3) is 7.06. The fraction of sp³-hybridized carbons (Fsp3) is 0.750. The zero-order chi connectivity index (χ0) is 24.2. The van der Waals surface area contributed by atoms with Gasteiger partial charge in [0.05, 0.1) is 13.2 Å². The van der Waals surface area contributed by atoms with Gasteiger partial charge in [0.15, 0.2) is 0 Å². The van der Waals surface area contributed by atoms with Crippen molar-refractivity contribution in [3.63, 3.8) is 0 Å². The molecule has 0 aromatic carbocycles. The molecular weight excluding hydrogens is 463 g/mol. The van der Waals surface area contributed by atoms with Gasteiger partial charge in [0.25, 0.3) is 6.10 Å². The van der Waals surface area contributed by atoms with Crippen LogP contribution in [0.4, 0.5) is 35.5 Å². The largest absolute Gasteiger partial charge is 0.434 e. The van der Waals surface area contributed by atoms with Crippen molar-refractivity contribution in [2.75, 3.05) is 65.6 Å². The van der Waals surface area contributed by atoms with Crippen molar-refractivity contribution in [1.29, 1.82) is 0 Å². The number of carbonyl (C=O) groups excluding carboxylic acids is 1. The number of amides is 1. The lowest BCUT2D eigenvalue weighted by molar-refractivity contribution is -0.308. The number of nitrogens with zero attached hydrogens (tertiary/aromatic N) is 3. The summed E-state index contributed by atoms with van der Waals surface area (Å²) >= 11 is 0. The molecule has 2 heterocycles. The maximum Gasteiger partial charge on any atom is 0.434 e. The number of rotatable bonds is 5. The fourth-order valence-corrected chi connectivity index (χ4v) is 4.02. The highest BCUT2D eigenvalue weighted by Gasteiger charge is 2.60. The first-order valence-electron chi connectivity index (χ1n) is 10.6. The third-order valence-corrected chi connectivity index (χ3v) is 5.82. The lowest BCUT2D eigenvalue weighted by Crippen LogP contribution is -2.53. The van der Waals surface area contributed by atoms with Crippen LogP contribution in [0.2, 0.25) is 0 Å². The van der Waals surface area contributed by atoms with E-state index in [1.165, 1.54) is 0 Å². The molecule has 3 rings (SSSR count). The Bertz CT molecular complexity index is 726. The first-order chi connectivity index (χ1) is 15.4. The van der Waals surface area contributed by atoms with Gasteiger partial charge in [0.2, 0.25) is 0 Å². The van der Waals surface area contributed by atoms with Crippen LogP contribution in [0.3, 0.4) is 0 Å². The average molecular weight is 489 g/mol. The maximum atomic E-state index is 15.0. The van der Waals surface area contributed by atoms with Crippen LogP contribution in [0, 0.1) is 5.92 Å². The Morgan fingerprint density at radius 3 is 2.18 bits per heavy atom. The van der Waals surface area contributed by atoms with Crippen molar-refractivity contribution in [1.82, 2.24) is 14.7 Å². The van der Waals surface area contributed by atoms with Gasteiger partial charge in [-0.15, -0.1) is 0 Å². The summed E-state index contributed by atoms with van der Waals surface area (Å²) in [6.45, 7) is 3.58. The first kappa shape index (κ1) is 25.8. The summed E-state index contributed by atoms with van der Waals surface area (Å²) in [6, 6.07) is 0. The second-order valence-corrected chi connectivity index (χ2v) is 8.23. The van der Waals surface area contributed by atoms with Crippen LogP contribution >= 0.6 is 0 Å². The van der Waals surface area contributed by atoms with Gasteiger partial charge in [-0.25, -0.2) is 9.18 Å². The highest BCUT2D eigenvalue weighted by Crippen LogP contribution is 2.36. The van der Waals surface area contributed by atoms with Crippen LogP contribution in [0.25, 0.3) is 0 Å². The van der Waals surface area contributed by atoms with Gasteiger partial charge in [-0.05, 0) is 12.0 Å². The average Bonchev–Trinajstić information content (AvgIpc) is 2.74. The number of piperazine rings is 1. The molecule has 188 valence electrons. The molecule has 3 aliphatic rings. The Morgan fingerprint density at radius 1 is 1.00 bits per heavy atom. The standard InChI is InChI=1S/C20H26F7N3O3/c21-16-14(2-1-3-15(16)13-29-8-10-32-11-9-29)12-28-4-6-30(7-5-28)18(31)33-17(19(22,23)24)20(25,26)27/h1-2,15,17H,3-13H2. The van der Waals surface area contributed by atoms with Crippen molar-refractivity contribution >= 4 is 6.09 Å². The molecule has 0 aromatic heterocycles. The molecule has 0 saturated carbocycles. The summed E-state index contributed by atoms with van der Waals surface area (Å²) in [4.78, 5) is 16.6. The van der Waals surface area contributed by atoms with E-state index in [-0.39, 0.29) is 44.5 Å². The topological polar surface area (TPSA) is 45.2 Å². The van der Waals surface area contributed by atoms with E-state index in [0.29, 0.717) is 31.8 Å². The summed E-state index contributed by atoms with van der Waals surface area (Å²) in [7, 11) is 0. The van der Waals surface area contributed by atoms with Crippen molar-refractivity contribution < 1.29 is 45.0 Å². The zero-order valence-electron chi connectivity index (χ0n) is 17.8. The molecule has 2 fully saturated rings. The third-order valence-electron chi connectivity index (χ3n) is 5.82. The molecule has 0 radical (unpaired) electrons. The molecule has 1 unspecified atom stereocenters. The highest BCUT2D eigenvalue weighted by atomic mass is 19.4. The predicted molar refractivity (Wildman–Crippen MR) is 103 cm³/mol. The molecule has 1 atom stereocenters. The monoisotopic (exact) mass is 489 g/mol. The fourth-order valence-electron chi connectivity index (χ4n) is 4.02. The van der Waals surface area contributed by atoms with E-state index in [4.69, 9.17) is 4.74 Å². The molecule has 13 heteroatoms. The van der Waals surface area contributed by atoms with E-state index in [1.807, 2.05) is 6.08 Å². The van der Waals surface area contributed by atoms with E-state index >= 15 is 4.39 Å². The van der Waals surface area contributed by atoms with E-state index < -0.39 is 24.5 Å². The summed E-state index contributed by atoms with van der Waals surface area (Å²) in [5, 5.41) is 0. The van der Waals surface area contributed by atoms with Crippen molar-refractivity contribution in [2.24, 2.45) is 5.92 Å². The summed E-state index contributed by atoms with van der Waals surface area (Å²) in [6.07, 6.45) is -13.2. The molecule has 2 aliphatic heterocycles. The van der Waals surface area contributed by atoms with Gasteiger partial charge < -0.3 is 14.4 Å². The molecule has 6 nitrogen and oxygen atoms in total. The number of hydrogen-bond acceptors (Lipinski definition) is 5. The van der Waals surface area contributed by atoms with Crippen molar-refractivity contribution in [3.8, 4) is 0 Å². The summed E-state index contributed by atoms with van der Waals surface area (Å²) in [5.41, 5.74) is 0.491. The van der Waals surface area contributed by atoms with Crippen molar-refractivity contribution in [2.45, 2.75) is 24.9 Å². The Hall–Kier alpha value is -1.86. The minimum Gasteiger partial charge on any atom is -0.426 e. The Balaban J connectivity index is 1.51. The second kappa shape index (κ2) is 10.6. The first-order valence-corrected chi connectivity index (χ1v) is 10.6. The predicted octanol–water partition coefficient (Wildman–Crippen LogP) is 3.37. The van der Waals surface area contributed by atoms with E-state index in [2.05, 4.69) is 9.64 Å². The Kier molecular flexibility index (Phi) is 8.27. The van der Waals surface area contributed by atoms with Crippen molar-refractivity contribution in [3.05, 3.63) is 23.6 Å². The minimum atomic E-state index is -5.76. The number of carbonyl (C=O) groups is 1. The van der Waals surface area contributed by atoms with Gasteiger partial charge in [-0.2, -0.15) is 26.3 Å². The number of hydrogen-bond donors (Lipinski definition) is 0. The lowest BCUT2D eigenvalue weighted by atomic mass is 9.93. The van der Waals surface area contributed by atoms with E-state index in [1.54, 1.807) is 11.0 Å². The van der Waals surface area contributed by atoms with Gasteiger partial charge >= 0.3 is 18.4 Å². The number of halogens is 7. The number of alkyl halides is 6. The summed E-state index contributed by atoms with van der Waals surface area (Å²) < 4.78 is 99.7. The second-order valence-electron chi connectivity index (χ2n) is 8.23. The SMILES string of the molecule is O=C(OC(C(F)(F)F)C(F)(F)F)N1CCN(CC2=C(F)C(CN3CCOCC3)CC=C2)CC1. The Labute approximate surface area is 186 Å². The maximum absolute atomic E-state index is 15.0. The van der Waals surface area contributed by atoms with Gasteiger partial charge in [-0.1, -0.05) is 12.2 Å². The minimum absolute atomic E-state index is 0.128. The molecule has 0 aromatic rings. The molecule has 0 spiro atoms. The molecule has 1 amide bonds. The van der Waals surface area contributed by atoms with Gasteiger partial charge in [-0.3, -0.25) is 9.80 Å². The highest BCUT2D eigenvalue weighted by molar-refractivity contribution is 5.68. The molecule has 0 bridgehead atoms. The smallest absolute Gasteiger partial charge is 0.426 e. The van der Waals surface area contributed by atoms with E-state index in [9.17, 15) is 31.1 Å². The normalized spacial score (nSPS) is 24.0. The van der Waals surface area contributed by atoms with Crippen LogP contribution < -0.4 is 0 Å². The molecule has 1 aliphatic carbocycles. The Morgan fingerprint density at radius 2 is 1.61 bits per heavy atom. The number of ether oxygens (including phenoxy) is 2. The zero-order valence-corrected chi connectivity index (χ0v) is 17.8. The van der Waals surface area contributed by atoms with Crippen LogP contribution in [-0.4, -0.2) is 105 Å². The van der Waals surface area contributed by atoms with Crippen LogP contribution in [0.5, 0.6) is 0 Å². The van der Waals surface area contributed by atoms with Gasteiger partial charge in [0, 0.05) is 58.3 Å². The van der Waals surface area contributed by atoms with E-state index in [0.717, 1.165) is 18.0 Å². The molecule has 2 saturated heterocycles. The van der Waals surface area contributed by atoms with Gasteiger partial charge in [0.1, 0.15) is 5.83 Å². The van der Waals surface area contributed by atoms with Crippen LogP contribution in [0.1, 0.15) is 6.42 Å². The lowest BCUT2D eigenvalue weighted by Gasteiger charge is -2.36. The van der Waals surface area contributed by atoms with Crippen LogP contribution in [0.15, 0.2) is 23.6 Å².